The first-order valence-corrected chi connectivity index (χ1v) is 9.97. The van der Waals surface area contributed by atoms with Crippen molar-refractivity contribution in [3.63, 3.8) is 0 Å². The molecule has 0 aliphatic carbocycles. The molecule has 0 radical (unpaired) electrons. The summed E-state index contributed by atoms with van der Waals surface area (Å²) in [6.45, 7) is 6.25. The summed E-state index contributed by atoms with van der Waals surface area (Å²) >= 11 is 1.69. The lowest BCUT2D eigenvalue weighted by Crippen LogP contribution is -2.37. The number of fused-ring (bicyclic) bond motifs is 1. The minimum absolute atomic E-state index is 0.227. The molecule has 1 heterocycles. The van der Waals surface area contributed by atoms with Gasteiger partial charge in [0.25, 0.3) is 0 Å². The maximum atomic E-state index is 12.5. The lowest BCUT2D eigenvalue weighted by molar-refractivity contribution is -0.129. The van der Waals surface area contributed by atoms with Crippen LogP contribution in [0.25, 0.3) is 0 Å². The van der Waals surface area contributed by atoms with Gasteiger partial charge in [-0.2, -0.15) is 0 Å². The van der Waals surface area contributed by atoms with Gasteiger partial charge in [-0.3, -0.25) is 4.79 Å². The molecule has 0 spiro atoms. The number of aryl methyl sites for hydroxylation is 1. The van der Waals surface area contributed by atoms with Crippen molar-refractivity contribution in [3.8, 4) is 5.75 Å². The molecule has 0 fully saturated rings. The van der Waals surface area contributed by atoms with Gasteiger partial charge < -0.3 is 9.64 Å². The largest absolute Gasteiger partial charge is 0.494 e. The first-order valence-electron chi connectivity index (χ1n) is 8.81. The summed E-state index contributed by atoms with van der Waals surface area (Å²) in [5.41, 5.74) is 5.10. The average Bonchev–Trinajstić information content (AvgIpc) is 2.61. The Balaban J connectivity index is 1.54. The van der Waals surface area contributed by atoms with Crippen molar-refractivity contribution in [1.82, 2.24) is 4.90 Å². The molecule has 0 aromatic heterocycles. The van der Waals surface area contributed by atoms with E-state index in [1.807, 2.05) is 17.9 Å². The molecule has 2 aromatic rings. The predicted octanol–water partition coefficient (Wildman–Crippen LogP) is 4.21. The molecule has 2 aromatic carbocycles. The Morgan fingerprint density at radius 2 is 2.08 bits per heavy atom. The fourth-order valence-corrected chi connectivity index (χ4v) is 4.03. The number of hydrogen-bond acceptors (Lipinski definition) is 3. The van der Waals surface area contributed by atoms with Crippen molar-refractivity contribution in [3.05, 3.63) is 64.7 Å². The summed E-state index contributed by atoms with van der Waals surface area (Å²) in [7, 11) is 0. The molecule has 0 saturated carbocycles. The molecule has 1 aliphatic heterocycles. The summed E-state index contributed by atoms with van der Waals surface area (Å²) in [6.07, 6.45) is 0.927. The van der Waals surface area contributed by atoms with Gasteiger partial charge in [-0.25, -0.2) is 0 Å². The number of rotatable bonds is 6. The van der Waals surface area contributed by atoms with Crippen LogP contribution < -0.4 is 4.74 Å². The SMILES string of the molecule is CCOc1ccc2c(c1)CN(C(=O)CSCc1cccc(C)c1)CC2. The molecule has 0 unspecified atom stereocenters. The lowest BCUT2D eigenvalue weighted by Gasteiger charge is -2.29. The van der Waals surface area contributed by atoms with E-state index in [0.717, 1.165) is 24.5 Å². The van der Waals surface area contributed by atoms with E-state index in [0.29, 0.717) is 18.9 Å². The fraction of sp³-hybridized carbons (Fsp3) is 0.381. The first kappa shape index (κ1) is 17.9. The van der Waals surface area contributed by atoms with Gasteiger partial charge in [-0.15, -0.1) is 11.8 Å². The number of nitrogens with zero attached hydrogens (tertiary/aromatic N) is 1. The Morgan fingerprint density at radius 1 is 1.20 bits per heavy atom. The highest BCUT2D eigenvalue weighted by Crippen LogP contribution is 2.25. The summed E-state index contributed by atoms with van der Waals surface area (Å²) in [5, 5.41) is 0. The fourth-order valence-electron chi connectivity index (χ4n) is 3.15. The third-order valence-corrected chi connectivity index (χ3v) is 5.42. The van der Waals surface area contributed by atoms with Crippen molar-refractivity contribution in [1.29, 1.82) is 0 Å². The normalized spacial score (nSPS) is 13.4. The van der Waals surface area contributed by atoms with E-state index in [-0.39, 0.29) is 5.91 Å². The van der Waals surface area contributed by atoms with E-state index in [1.165, 1.54) is 22.3 Å². The maximum absolute atomic E-state index is 12.5. The van der Waals surface area contributed by atoms with E-state index in [9.17, 15) is 4.79 Å². The van der Waals surface area contributed by atoms with Crippen LogP contribution in [0.2, 0.25) is 0 Å². The Kier molecular flexibility index (Phi) is 6.03. The number of amides is 1. The second-order valence-corrected chi connectivity index (χ2v) is 7.40. The van der Waals surface area contributed by atoms with E-state index in [4.69, 9.17) is 4.74 Å². The highest BCUT2D eigenvalue weighted by molar-refractivity contribution is 7.99. The van der Waals surface area contributed by atoms with Crippen molar-refractivity contribution in [2.45, 2.75) is 32.6 Å². The third-order valence-electron chi connectivity index (χ3n) is 4.43. The van der Waals surface area contributed by atoms with Crippen LogP contribution in [0.3, 0.4) is 0 Å². The molecule has 25 heavy (non-hydrogen) atoms. The minimum atomic E-state index is 0.227. The second kappa shape index (κ2) is 8.43. The first-order chi connectivity index (χ1) is 12.2. The molecule has 4 heteroatoms. The van der Waals surface area contributed by atoms with Crippen LogP contribution in [0.4, 0.5) is 0 Å². The van der Waals surface area contributed by atoms with Gasteiger partial charge in [0.1, 0.15) is 5.75 Å². The number of carbonyl (C=O) groups excluding carboxylic acids is 1. The molecule has 1 amide bonds. The zero-order valence-corrected chi connectivity index (χ0v) is 15.8. The van der Waals surface area contributed by atoms with Gasteiger partial charge in [0.2, 0.25) is 5.91 Å². The molecule has 0 saturated heterocycles. The van der Waals surface area contributed by atoms with Crippen LogP contribution in [-0.4, -0.2) is 29.7 Å². The lowest BCUT2D eigenvalue weighted by atomic mass is 9.99. The number of thioether (sulfide) groups is 1. The molecule has 0 atom stereocenters. The molecule has 132 valence electrons. The predicted molar refractivity (Wildman–Crippen MR) is 104 cm³/mol. The Labute approximate surface area is 154 Å². The van der Waals surface area contributed by atoms with Crippen LogP contribution in [0.15, 0.2) is 42.5 Å². The van der Waals surface area contributed by atoms with E-state index in [2.05, 4.69) is 43.3 Å². The Hall–Kier alpha value is -1.94. The topological polar surface area (TPSA) is 29.5 Å². The van der Waals surface area contributed by atoms with E-state index < -0.39 is 0 Å². The van der Waals surface area contributed by atoms with E-state index >= 15 is 0 Å². The van der Waals surface area contributed by atoms with Gasteiger partial charge in [0, 0.05) is 18.8 Å². The smallest absolute Gasteiger partial charge is 0.232 e. The van der Waals surface area contributed by atoms with Crippen LogP contribution in [0.1, 0.15) is 29.2 Å². The second-order valence-electron chi connectivity index (χ2n) is 6.41. The summed E-state index contributed by atoms with van der Waals surface area (Å²) < 4.78 is 5.58. The summed E-state index contributed by atoms with van der Waals surface area (Å²) in [6, 6.07) is 14.7. The van der Waals surface area contributed by atoms with Gasteiger partial charge in [-0.05, 0) is 49.1 Å². The Morgan fingerprint density at radius 3 is 2.88 bits per heavy atom. The number of hydrogen-bond donors (Lipinski definition) is 0. The molecule has 0 bridgehead atoms. The molecule has 3 rings (SSSR count). The highest BCUT2D eigenvalue weighted by atomic mass is 32.2. The quantitative estimate of drug-likeness (QED) is 0.777. The van der Waals surface area contributed by atoms with Gasteiger partial charge in [0.15, 0.2) is 0 Å². The van der Waals surface area contributed by atoms with Crippen molar-refractivity contribution in [2.75, 3.05) is 18.9 Å². The standard InChI is InChI=1S/C21H25NO2S/c1-3-24-20-8-7-18-9-10-22(13-19(18)12-20)21(23)15-25-14-17-6-4-5-16(2)11-17/h4-8,11-12H,3,9-10,13-15H2,1-2H3. The average molecular weight is 356 g/mol. The molecular formula is C21H25NO2S. The van der Waals surface area contributed by atoms with Crippen LogP contribution >= 0.6 is 11.8 Å². The third kappa shape index (κ3) is 4.79. The number of carbonyl (C=O) groups is 1. The van der Waals surface area contributed by atoms with Crippen molar-refractivity contribution < 1.29 is 9.53 Å². The number of ether oxygens (including phenoxy) is 1. The zero-order valence-electron chi connectivity index (χ0n) is 15.0. The van der Waals surface area contributed by atoms with Crippen molar-refractivity contribution >= 4 is 17.7 Å². The monoisotopic (exact) mass is 355 g/mol. The van der Waals surface area contributed by atoms with Crippen LogP contribution in [-0.2, 0) is 23.5 Å². The molecule has 3 nitrogen and oxygen atoms in total. The maximum Gasteiger partial charge on any atom is 0.232 e. The van der Waals surface area contributed by atoms with Crippen LogP contribution in [0, 0.1) is 6.92 Å². The summed E-state index contributed by atoms with van der Waals surface area (Å²) in [4.78, 5) is 14.5. The zero-order chi connectivity index (χ0) is 17.6. The van der Waals surface area contributed by atoms with Gasteiger partial charge in [-0.1, -0.05) is 35.9 Å². The summed E-state index contributed by atoms with van der Waals surface area (Å²) in [5.74, 6) is 2.54. The number of benzene rings is 2. The van der Waals surface area contributed by atoms with Crippen molar-refractivity contribution in [2.24, 2.45) is 0 Å². The van der Waals surface area contributed by atoms with Gasteiger partial charge >= 0.3 is 0 Å². The van der Waals surface area contributed by atoms with E-state index in [1.54, 1.807) is 11.8 Å². The molecular weight excluding hydrogens is 330 g/mol. The van der Waals surface area contributed by atoms with Gasteiger partial charge in [0.05, 0.1) is 12.4 Å². The molecule has 0 N–H and O–H groups in total. The molecule has 1 aliphatic rings. The Bertz CT molecular complexity index is 744. The minimum Gasteiger partial charge on any atom is -0.494 e. The van der Waals surface area contributed by atoms with Crippen LogP contribution in [0.5, 0.6) is 5.75 Å². The highest BCUT2D eigenvalue weighted by Gasteiger charge is 2.21.